The Kier molecular flexibility index (Phi) is 3.35. The van der Waals surface area contributed by atoms with E-state index in [1.54, 1.807) is 0 Å². The molecule has 4 rings (SSSR count). The van der Waals surface area contributed by atoms with Gasteiger partial charge in [0.1, 0.15) is 11.3 Å². The highest BCUT2D eigenvalue weighted by Crippen LogP contribution is 2.31. The highest BCUT2D eigenvalue weighted by atomic mass is 15.2. The number of hydrogen-bond acceptors (Lipinski definition) is 4. The lowest BCUT2D eigenvalue weighted by Gasteiger charge is -2.25. The fourth-order valence-corrected chi connectivity index (χ4v) is 3.20. The lowest BCUT2D eigenvalue weighted by Crippen LogP contribution is -2.29. The number of imidazole rings is 1. The van der Waals surface area contributed by atoms with Crippen LogP contribution in [0.25, 0.3) is 22.6 Å². The zero-order valence-corrected chi connectivity index (χ0v) is 12.7. The Hall–Kier alpha value is -2.27. The second-order valence-electron chi connectivity index (χ2n) is 5.88. The Labute approximate surface area is 129 Å². The van der Waals surface area contributed by atoms with Crippen molar-refractivity contribution in [2.45, 2.75) is 25.8 Å². The van der Waals surface area contributed by atoms with E-state index in [9.17, 15) is 0 Å². The highest BCUT2D eigenvalue weighted by Gasteiger charge is 2.22. The number of aryl methyl sites for hydroxylation is 1. The van der Waals surface area contributed by atoms with Crippen molar-refractivity contribution in [3.05, 3.63) is 42.4 Å². The molecule has 1 aliphatic rings. The Morgan fingerprint density at radius 1 is 1.18 bits per heavy atom. The van der Waals surface area contributed by atoms with Gasteiger partial charge in [-0.2, -0.15) is 0 Å². The molecule has 0 radical (unpaired) electrons. The molecular weight excluding hydrogens is 274 g/mol. The molecule has 0 bridgehead atoms. The lowest BCUT2D eigenvalue weighted by atomic mass is 10.1. The van der Waals surface area contributed by atoms with Crippen molar-refractivity contribution in [2.75, 3.05) is 13.1 Å². The first kappa shape index (κ1) is 13.4. The van der Waals surface area contributed by atoms with Crippen LogP contribution in [-0.2, 0) is 0 Å². The average molecular weight is 293 g/mol. The monoisotopic (exact) mass is 293 g/mol. The maximum Gasteiger partial charge on any atom is 0.160 e. The average Bonchev–Trinajstić information content (AvgIpc) is 2.95. The number of aromatic nitrogens is 4. The minimum atomic E-state index is 0.449. The van der Waals surface area contributed by atoms with Crippen LogP contribution >= 0.6 is 0 Å². The van der Waals surface area contributed by atoms with E-state index in [4.69, 9.17) is 4.98 Å². The van der Waals surface area contributed by atoms with Crippen LogP contribution in [0.4, 0.5) is 0 Å². The Morgan fingerprint density at radius 3 is 2.73 bits per heavy atom. The van der Waals surface area contributed by atoms with Crippen LogP contribution in [0.1, 0.15) is 24.4 Å². The molecule has 5 heteroatoms. The molecule has 1 N–H and O–H groups in total. The summed E-state index contributed by atoms with van der Waals surface area (Å²) in [4.78, 5) is 13.7. The first-order valence-electron chi connectivity index (χ1n) is 7.78. The quantitative estimate of drug-likeness (QED) is 0.789. The van der Waals surface area contributed by atoms with Crippen molar-refractivity contribution < 1.29 is 0 Å². The van der Waals surface area contributed by atoms with Gasteiger partial charge >= 0.3 is 0 Å². The van der Waals surface area contributed by atoms with Crippen LogP contribution in [0, 0.1) is 6.92 Å². The second-order valence-corrected chi connectivity index (χ2v) is 5.88. The summed E-state index contributed by atoms with van der Waals surface area (Å²) >= 11 is 0. The summed E-state index contributed by atoms with van der Waals surface area (Å²) in [6.45, 7) is 4.15. The van der Waals surface area contributed by atoms with Gasteiger partial charge < -0.3 is 9.88 Å². The maximum absolute atomic E-state index is 4.87. The summed E-state index contributed by atoms with van der Waals surface area (Å²) in [5.41, 5.74) is 4.21. The molecule has 0 spiro atoms. The standard InChI is InChI=1S/C17H19N5/c1-12-10-15-17(20-11-12)22(14-4-8-19-9-5-14)16(21-15)13-2-6-18-7-3-13/h2-3,6-7,10-11,14,19H,4-5,8-9H2,1H3. The zero-order chi connectivity index (χ0) is 14.9. The minimum absolute atomic E-state index is 0.449. The molecule has 4 heterocycles. The second kappa shape index (κ2) is 5.50. The smallest absolute Gasteiger partial charge is 0.160 e. The number of piperidine rings is 1. The van der Waals surface area contributed by atoms with Gasteiger partial charge in [-0.1, -0.05) is 0 Å². The van der Waals surface area contributed by atoms with Gasteiger partial charge in [-0.3, -0.25) is 4.98 Å². The summed E-state index contributed by atoms with van der Waals surface area (Å²) in [6.07, 6.45) is 7.79. The van der Waals surface area contributed by atoms with Gasteiger partial charge in [0.15, 0.2) is 5.65 Å². The van der Waals surface area contributed by atoms with E-state index in [1.165, 1.54) is 0 Å². The SMILES string of the molecule is Cc1cnc2c(c1)nc(-c1ccncc1)n2C1CCNCC1. The summed E-state index contributed by atoms with van der Waals surface area (Å²) in [5.74, 6) is 1.00. The molecule has 5 nitrogen and oxygen atoms in total. The molecule has 22 heavy (non-hydrogen) atoms. The third-order valence-electron chi connectivity index (χ3n) is 4.28. The molecule has 3 aromatic heterocycles. The van der Waals surface area contributed by atoms with E-state index >= 15 is 0 Å². The molecule has 0 aliphatic carbocycles. The van der Waals surface area contributed by atoms with Crippen LogP contribution in [0.5, 0.6) is 0 Å². The van der Waals surface area contributed by atoms with Crippen molar-refractivity contribution in [1.82, 2.24) is 24.8 Å². The third kappa shape index (κ3) is 2.27. The van der Waals surface area contributed by atoms with Gasteiger partial charge in [0.05, 0.1) is 0 Å². The molecule has 112 valence electrons. The maximum atomic E-state index is 4.87. The van der Waals surface area contributed by atoms with Crippen LogP contribution in [0.3, 0.4) is 0 Å². The van der Waals surface area contributed by atoms with Crippen LogP contribution in [0.2, 0.25) is 0 Å². The van der Waals surface area contributed by atoms with Crippen molar-refractivity contribution in [2.24, 2.45) is 0 Å². The minimum Gasteiger partial charge on any atom is -0.317 e. The van der Waals surface area contributed by atoms with Gasteiger partial charge in [0, 0.05) is 30.2 Å². The first-order chi connectivity index (χ1) is 10.8. The van der Waals surface area contributed by atoms with Crippen molar-refractivity contribution in [3.63, 3.8) is 0 Å². The number of rotatable bonds is 2. The molecule has 1 aliphatic heterocycles. The van der Waals surface area contributed by atoms with Gasteiger partial charge in [-0.25, -0.2) is 9.97 Å². The van der Waals surface area contributed by atoms with Gasteiger partial charge in [-0.15, -0.1) is 0 Å². The molecule has 1 fully saturated rings. The molecular formula is C17H19N5. The van der Waals surface area contributed by atoms with E-state index in [0.717, 1.165) is 54.0 Å². The molecule has 0 atom stereocenters. The van der Waals surface area contributed by atoms with Crippen LogP contribution in [-0.4, -0.2) is 32.6 Å². The molecule has 0 unspecified atom stereocenters. The van der Waals surface area contributed by atoms with Crippen molar-refractivity contribution in [1.29, 1.82) is 0 Å². The number of nitrogens with one attached hydrogen (secondary N) is 1. The summed E-state index contributed by atoms with van der Waals surface area (Å²) in [5, 5.41) is 3.43. The number of nitrogens with zero attached hydrogens (tertiary/aromatic N) is 4. The van der Waals surface area contributed by atoms with Crippen molar-refractivity contribution in [3.8, 4) is 11.4 Å². The van der Waals surface area contributed by atoms with E-state index in [2.05, 4.69) is 32.8 Å². The number of hydrogen-bond donors (Lipinski definition) is 1. The molecule has 1 saturated heterocycles. The molecule has 3 aromatic rings. The first-order valence-corrected chi connectivity index (χ1v) is 7.78. The van der Waals surface area contributed by atoms with Gasteiger partial charge in [-0.05, 0) is 56.6 Å². The van der Waals surface area contributed by atoms with Crippen molar-refractivity contribution >= 4 is 11.2 Å². The van der Waals surface area contributed by atoms with Gasteiger partial charge in [0.2, 0.25) is 0 Å². The van der Waals surface area contributed by atoms with Crippen LogP contribution < -0.4 is 5.32 Å². The topological polar surface area (TPSA) is 55.6 Å². The number of fused-ring (bicyclic) bond motifs is 1. The Morgan fingerprint density at radius 2 is 1.95 bits per heavy atom. The fraction of sp³-hybridized carbons (Fsp3) is 0.353. The van der Waals surface area contributed by atoms with Gasteiger partial charge in [0.25, 0.3) is 0 Å². The Balaban J connectivity index is 1.93. The normalized spacial score (nSPS) is 16.2. The molecule has 0 amide bonds. The van der Waals surface area contributed by atoms with E-state index < -0.39 is 0 Å². The predicted molar refractivity (Wildman–Crippen MR) is 86.6 cm³/mol. The lowest BCUT2D eigenvalue weighted by molar-refractivity contribution is 0.376. The zero-order valence-electron chi connectivity index (χ0n) is 12.7. The summed E-state index contributed by atoms with van der Waals surface area (Å²) in [6, 6.07) is 6.60. The largest absolute Gasteiger partial charge is 0.317 e. The molecule has 0 saturated carbocycles. The summed E-state index contributed by atoms with van der Waals surface area (Å²) < 4.78 is 2.32. The molecule has 0 aromatic carbocycles. The van der Waals surface area contributed by atoms with E-state index in [1.807, 2.05) is 30.7 Å². The highest BCUT2D eigenvalue weighted by molar-refractivity contribution is 5.77. The van der Waals surface area contributed by atoms with E-state index in [0.29, 0.717) is 6.04 Å². The third-order valence-corrected chi connectivity index (χ3v) is 4.28. The summed E-state index contributed by atoms with van der Waals surface area (Å²) in [7, 11) is 0. The number of pyridine rings is 2. The predicted octanol–water partition coefficient (Wildman–Crippen LogP) is 2.73. The van der Waals surface area contributed by atoms with E-state index in [-0.39, 0.29) is 0 Å². The fourth-order valence-electron chi connectivity index (χ4n) is 3.20. The van der Waals surface area contributed by atoms with Crippen LogP contribution in [0.15, 0.2) is 36.8 Å². The Bertz CT molecular complexity index is 787.